The summed E-state index contributed by atoms with van der Waals surface area (Å²) >= 11 is 0. The molecule has 1 heterocycles. The van der Waals surface area contributed by atoms with Crippen LogP contribution in [0.4, 0.5) is 0 Å². The molecule has 5 heteroatoms. The van der Waals surface area contributed by atoms with E-state index in [-0.39, 0.29) is 24.8 Å². The lowest BCUT2D eigenvalue weighted by Gasteiger charge is -2.22. The average molecular weight is 242 g/mol. The zero-order chi connectivity index (χ0) is 12.8. The highest BCUT2D eigenvalue weighted by Crippen LogP contribution is 2.08. The standard InChI is InChI=1S/C12H22N2O3/c1-3-10(15)8-11(16)13(2)9-12(17)14-6-4-5-7-14/h10,15H,3-9H2,1-2H3. The monoisotopic (exact) mass is 242 g/mol. The van der Waals surface area contributed by atoms with Crippen LogP contribution in [0.2, 0.25) is 0 Å². The molecule has 17 heavy (non-hydrogen) atoms. The lowest BCUT2D eigenvalue weighted by atomic mass is 10.2. The second-order valence-electron chi connectivity index (χ2n) is 4.60. The van der Waals surface area contributed by atoms with Gasteiger partial charge in [-0.05, 0) is 19.3 Å². The second-order valence-corrected chi connectivity index (χ2v) is 4.60. The van der Waals surface area contributed by atoms with Crippen LogP contribution in [0.5, 0.6) is 0 Å². The van der Waals surface area contributed by atoms with E-state index in [1.165, 1.54) is 4.90 Å². The molecule has 1 aliphatic heterocycles. The first-order valence-corrected chi connectivity index (χ1v) is 6.24. The highest BCUT2D eigenvalue weighted by molar-refractivity contribution is 5.84. The second kappa shape index (κ2) is 6.59. The number of carbonyl (C=O) groups is 2. The van der Waals surface area contributed by atoms with Crippen molar-refractivity contribution >= 4 is 11.8 Å². The van der Waals surface area contributed by atoms with Gasteiger partial charge in [-0.3, -0.25) is 9.59 Å². The third kappa shape index (κ3) is 4.34. The molecule has 2 amide bonds. The summed E-state index contributed by atoms with van der Waals surface area (Å²) in [5.74, 6) is -0.170. The lowest BCUT2D eigenvalue weighted by Crippen LogP contribution is -2.40. The third-order valence-electron chi connectivity index (χ3n) is 3.14. The first kappa shape index (κ1) is 14.0. The van der Waals surface area contributed by atoms with E-state index in [1.54, 1.807) is 11.9 Å². The van der Waals surface area contributed by atoms with Gasteiger partial charge >= 0.3 is 0 Å². The Hall–Kier alpha value is -1.10. The zero-order valence-corrected chi connectivity index (χ0v) is 10.7. The molecule has 98 valence electrons. The molecule has 0 bridgehead atoms. The largest absolute Gasteiger partial charge is 0.393 e. The van der Waals surface area contributed by atoms with Gasteiger partial charge in [0.25, 0.3) is 0 Å². The van der Waals surface area contributed by atoms with Gasteiger partial charge in [0, 0.05) is 20.1 Å². The summed E-state index contributed by atoms with van der Waals surface area (Å²) in [6.07, 6.45) is 2.15. The molecule has 0 aromatic heterocycles. The Morgan fingerprint density at radius 3 is 2.47 bits per heavy atom. The molecule has 1 saturated heterocycles. The zero-order valence-electron chi connectivity index (χ0n) is 10.7. The van der Waals surface area contributed by atoms with Crippen LogP contribution >= 0.6 is 0 Å². The summed E-state index contributed by atoms with van der Waals surface area (Å²) in [6.45, 7) is 3.56. The summed E-state index contributed by atoms with van der Waals surface area (Å²) < 4.78 is 0. The number of likely N-dealkylation sites (tertiary alicyclic amines) is 1. The van der Waals surface area contributed by atoms with Gasteiger partial charge < -0.3 is 14.9 Å². The highest BCUT2D eigenvalue weighted by atomic mass is 16.3. The number of carbonyl (C=O) groups excluding carboxylic acids is 2. The van der Waals surface area contributed by atoms with Crippen LogP contribution < -0.4 is 0 Å². The maximum atomic E-state index is 11.8. The van der Waals surface area contributed by atoms with E-state index >= 15 is 0 Å². The van der Waals surface area contributed by atoms with Crippen LogP contribution in [-0.2, 0) is 9.59 Å². The topological polar surface area (TPSA) is 60.9 Å². The van der Waals surface area contributed by atoms with E-state index in [2.05, 4.69) is 0 Å². The molecular formula is C12H22N2O3. The van der Waals surface area contributed by atoms with Crippen LogP contribution in [-0.4, -0.2) is 59.5 Å². The molecule has 0 spiro atoms. The van der Waals surface area contributed by atoms with Crippen molar-refractivity contribution in [3.05, 3.63) is 0 Å². The van der Waals surface area contributed by atoms with Crippen molar-refractivity contribution in [3.8, 4) is 0 Å². The number of aliphatic hydroxyl groups excluding tert-OH is 1. The van der Waals surface area contributed by atoms with E-state index in [1.807, 2.05) is 6.92 Å². The minimum atomic E-state index is -0.605. The molecule has 1 atom stereocenters. The van der Waals surface area contributed by atoms with Crippen LogP contribution in [0.1, 0.15) is 32.6 Å². The van der Waals surface area contributed by atoms with Gasteiger partial charge in [0.1, 0.15) is 0 Å². The predicted molar refractivity (Wildman–Crippen MR) is 64.4 cm³/mol. The van der Waals surface area contributed by atoms with Crippen molar-refractivity contribution < 1.29 is 14.7 Å². The van der Waals surface area contributed by atoms with Gasteiger partial charge in [-0.2, -0.15) is 0 Å². The van der Waals surface area contributed by atoms with Crippen LogP contribution in [0.15, 0.2) is 0 Å². The van der Waals surface area contributed by atoms with Gasteiger partial charge in [0.05, 0.1) is 19.1 Å². The van der Waals surface area contributed by atoms with Crippen molar-refractivity contribution in [2.75, 3.05) is 26.7 Å². The molecule has 0 aromatic carbocycles. The van der Waals surface area contributed by atoms with E-state index < -0.39 is 6.10 Å². The Morgan fingerprint density at radius 2 is 1.94 bits per heavy atom. The molecule has 1 rings (SSSR count). The van der Waals surface area contributed by atoms with Crippen LogP contribution in [0.3, 0.4) is 0 Å². The molecule has 5 nitrogen and oxygen atoms in total. The molecule has 0 saturated carbocycles. The molecule has 1 fully saturated rings. The van der Waals surface area contributed by atoms with Crippen molar-refractivity contribution in [3.63, 3.8) is 0 Å². The van der Waals surface area contributed by atoms with Crippen molar-refractivity contribution in [2.45, 2.75) is 38.7 Å². The predicted octanol–water partition coefficient (Wildman–Crippen LogP) is 0.228. The Balaban J connectivity index is 2.34. The number of likely N-dealkylation sites (N-methyl/N-ethyl adjacent to an activating group) is 1. The first-order valence-electron chi connectivity index (χ1n) is 6.24. The SMILES string of the molecule is CCC(O)CC(=O)N(C)CC(=O)N1CCCC1. The van der Waals surface area contributed by atoms with Crippen molar-refractivity contribution in [1.82, 2.24) is 9.80 Å². The fourth-order valence-electron chi connectivity index (χ4n) is 1.86. The summed E-state index contributed by atoms with van der Waals surface area (Å²) in [4.78, 5) is 26.6. The quantitative estimate of drug-likeness (QED) is 0.750. The molecule has 0 aromatic rings. The number of amides is 2. The maximum absolute atomic E-state index is 11.8. The molecule has 1 aliphatic rings. The lowest BCUT2D eigenvalue weighted by molar-refractivity contribution is -0.139. The van der Waals surface area contributed by atoms with E-state index in [4.69, 9.17) is 0 Å². The molecule has 1 N–H and O–H groups in total. The molecule has 0 radical (unpaired) electrons. The van der Waals surface area contributed by atoms with Crippen LogP contribution in [0.25, 0.3) is 0 Å². The fourth-order valence-corrected chi connectivity index (χ4v) is 1.86. The van der Waals surface area contributed by atoms with E-state index in [0.29, 0.717) is 6.42 Å². The number of nitrogens with zero attached hydrogens (tertiary/aromatic N) is 2. The Kier molecular flexibility index (Phi) is 5.41. The van der Waals surface area contributed by atoms with Gasteiger partial charge in [0.15, 0.2) is 0 Å². The maximum Gasteiger partial charge on any atom is 0.242 e. The van der Waals surface area contributed by atoms with Gasteiger partial charge in [-0.15, -0.1) is 0 Å². The smallest absolute Gasteiger partial charge is 0.242 e. The van der Waals surface area contributed by atoms with E-state index in [9.17, 15) is 14.7 Å². The summed E-state index contributed by atoms with van der Waals surface area (Å²) in [7, 11) is 1.61. The Labute approximate surface area is 102 Å². The minimum absolute atomic E-state index is 0.00402. The van der Waals surface area contributed by atoms with Crippen LogP contribution in [0, 0.1) is 0 Å². The first-order chi connectivity index (χ1) is 8.04. The molecule has 1 unspecified atom stereocenters. The number of aliphatic hydroxyl groups is 1. The highest BCUT2D eigenvalue weighted by Gasteiger charge is 2.21. The average Bonchev–Trinajstić information content (AvgIpc) is 2.82. The van der Waals surface area contributed by atoms with Crippen molar-refractivity contribution in [2.24, 2.45) is 0 Å². The third-order valence-corrected chi connectivity index (χ3v) is 3.14. The fraction of sp³-hybridized carbons (Fsp3) is 0.833. The summed E-state index contributed by atoms with van der Waals surface area (Å²) in [5, 5.41) is 9.38. The molecular weight excluding hydrogens is 220 g/mol. The van der Waals surface area contributed by atoms with E-state index in [0.717, 1.165) is 25.9 Å². The summed E-state index contributed by atoms with van der Waals surface area (Å²) in [5.41, 5.74) is 0. The normalized spacial score (nSPS) is 17.0. The Morgan fingerprint density at radius 1 is 1.35 bits per heavy atom. The van der Waals surface area contributed by atoms with Gasteiger partial charge in [-0.25, -0.2) is 0 Å². The number of hydrogen-bond donors (Lipinski definition) is 1. The van der Waals surface area contributed by atoms with Gasteiger partial charge in [0.2, 0.25) is 11.8 Å². The van der Waals surface area contributed by atoms with Crippen molar-refractivity contribution in [1.29, 1.82) is 0 Å². The Bertz CT molecular complexity index is 275. The molecule has 0 aliphatic carbocycles. The number of rotatable bonds is 5. The summed E-state index contributed by atoms with van der Waals surface area (Å²) in [6, 6.07) is 0. The number of hydrogen-bond acceptors (Lipinski definition) is 3. The minimum Gasteiger partial charge on any atom is -0.393 e. The van der Waals surface area contributed by atoms with Gasteiger partial charge in [-0.1, -0.05) is 6.92 Å².